The maximum absolute atomic E-state index is 13.9. The smallest absolute Gasteiger partial charge is 0.274 e. The molecule has 11 nitrogen and oxygen atoms in total. The zero-order valence-corrected chi connectivity index (χ0v) is 26.5. The zero-order valence-electron chi connectivity index (χ0n) is 26.5. The summed E-state index contributed by atoms with van der Waals surface area (Å²) in [7, 11) is 1.81. The van der Waals surface area contributed by atoms with Crippen molar-refractivity contribution in [3.05, 3.63) is 137 Å². The van der Waals surface area contributed by atoms with Crippen LogP contribution < -0.4 is 21.3 Å². The Hall–Kier alpha value is -6.28. The monoisotopic (exact) mass is 626 g/mol. The number of anilines is 1. The Kier molecular flexibility index (Phi) is 10.0. The average molecular weight is 627 g/mol. The number of ether oxygens (including phenoxy) is 1. The molecule has 236 valence electrons. The van der Waals surface area contributed by atoms with E-state index in [0.717, 1.165) is 11.3 Å². The Morgan fingerprint density at radius 3 is 2.38 bits per heavy atom. The first-order valence-corrected chi connectivity index (χ1v) is 14.9. The van der Waals surface area contributed by atoms with Gasteiger partial charge in [0, 0.05) is 36.6 Å². The van der Waals surface area contributed by atoms with Crippen LogP contribution in [-0.2, 0) is 7.05 Å². The van der Waals surface area contributed by atoms with Crippen LogP contribution in [-0.4, -0.2) is 41.3 Å². The van der Waals surface area contributed by atoms with Crippen LogP contribution >= 0.6 is 0 Å². The van der Waals surface area contributed by atoms with Crippen molar-refractivity contribution in [1.82, 2.24) is 34.6 Å². The van der Waals surface area contributed by atoms with E-state index in [4.69, 9.17) is 10.5 Å². The standard InChI is InChI=1S/C36H34N8O3/c1-24(2)47-30-17-14-27(15-18-30)31-23-39-34(37)33(41-31)36(46)40-25(3)35-38-20-9-8-10-26(13-16-28-19-21-43(4)42-28)22-32(45)44(35)29-11-6-5-7-12-29/h5-12,14-15,17-25H,1-4H3,(H2,37,39)(H,40,46)/t25-/m0/s1. The topological polar surface area (TPSA) is 143 Å². The fourth-order valence-electron chi connectivity index (χ4n) is 4.59. The molecule has 1 atom stereocenters. The van der Waals surface area contributed by atoms with Crippen molar-refractivity contribution < 1.29 is 9.53 Å². The summed E-state index contributed by atoms with van der Waals surface area (Å²) in [4.78, 5) is 40.9. The lowest BCUT2D eigenvalue weighted by Gasteiger charge is -2.18. The highest BCUT2D eigenvalue weighted by Crippen LogP contribution is 2.23. The second-order valence-electron chi connectivity index (χ2n) is 10.8. The molecular formula is C36H34N8O3. The second-order valence-corrected chi connectivity index (χ2v) is 10.8. The quantitative estimate of drug-likeness (QED) is 0.245. The van der Waals surface area contributed by atoms with Crippen LogP contribution in [0.2, 0.25) is 0 Å². The van der Waals surface area contributed by atoms with Crippen LogP contribution in [0.5, 0.6) is 5.75 Å². The molecular weight excluding hydrogens is 592 g/mol. The SMILES string of the molecule is CC(C)Oc1ccc(-c2cnc(N)c(C(=O)N[C@@H](C)c3nccccc(C#Cc4ccn(C)n4)cc(=O)n3-c3ccccc3)n2)cc1. The van der Waals surface area contributed by atoms with E-state index >= 15 is 0 Å². The van der Waals surface area contributed by atoms with Gasteiger partial charge in [-0.25, -0.2) is 15.0 Å². The number of carbonyl (C=O) groups excluding carboxylic acids is 1. The van der Waals surface area contributed by atoms with E-state index in [1.165, 1.54) is 16.8 Å². The Morgan fingerprint density at radius 2 is 1.68 bits per heavy atom. The molecule has 5 rings (SSSR count). The number of nitrogens with zero attached hydrogens (tertiary/aromatic N) is 6. The van der Waals surface area contributed by atoms with Crippen LogP contribution in [0, 0.1) is 11.8 Å². The summed E-state index contributed by atoms with van der Waals surface area (Å²) in [5.41, 5.74) is 8.44. The van der Waals surface area contributed by atoms with Gasteiger partial charge in [-0.2, -0.15) is 5.10 Å². The molecule has 0 fully saturated rings. The van der Waals surface area contributed by atoms with Crippen LogP contribution in [0.15, 0.2) is 108 Å². The molecule has 47 heavy (non-hydrogen) atoms. The van der Waals surface area contributed by atoms with E-state index in [1.54, 1.807) is 67.4 Å². The Bertz CT molecular complexity index is 2060. The van der Waals surface area contributed by atoms with Gasteiger partial charge in [0.2, 0.25) is 0 Å². The summed E-state index contributed by atoms with van der Waals surface area (Å²) >= 11 is 0. The maximum atomic E-state index is 13.9. The highest BCUT2D eigenvalue weighted by Gasteiger charge is 2.21. The van der Waals surface area contributed by atoms with Crippen LogP contribution in [0.1, 0.15) is 54.4 Å². The number of hydrogen-bond acceptors (Lipinski definition) is 8. The molecule has 5 aromatic rings. The van der Waals surface area contributed by atoms with Gasteiger partial charge in [0.05, 0.1) is 29.7 Å². The molecule has 3 aromatic heterocycles. The molecule has 11 heteroatoms. The molecule has 0 saturated heterocycles. The van der Waals surface area contributed by atoms with Crippen LogP contribution in [0.25, 0.3) is 16.9 Å². The summed E-state index contributed by atoms with van der Waals surface area (Å²) in [6.45, 7) is 5.63. The number of nitrogens with one attached hydrogen (secondary N) is 1. The third-order valence-corrected chi connectivity index (χ3v) is 6.74. The van der Waals surface area contributed by atoms with Gasteiger partial charge in [0.25, 0.3) is 11.5 Å². The second kappa shape index (κ2) is 14.7. The number of rotatable bonds is 7. The van der Waals surface area contributed by atoms with Crippen molar-refractivity contribution in [3.8, 4) is 34.5 Å². The average Bonchev–Trinajstić information content (AvgIpc) is 3.48. The molecule has 0 spiro atoms. The van der Waals surface area contributed by atoms with Crippen LogP contribution in [0.3, 0.4) is 0 Å². The summed E-state index contributed by atoms with van der Waals surface area (Å²) in [5.74, 6) is 6.38. The summed E-state index contributed by atoms with van der Waals surface area (Å²) in [6.07, 6.45) is 4.89. The highest BCUT2D eigenvalue weighted by molar-refractivity contribution is 5.97. The van der Waals surface area contributed by atoms with Crippen molar-refractivity contribution in [3.63, 3.8) is 0 Å². The predicted molar refractivity (Wildman–Crippen MR) is 180 cm³/mol. The third-order valence-electron chi connectivity index (χ3n) is 6.74. The van der Waals surface area contributed by atoms with E-state index in [1.807, 2.05) is 56.3 Å². The predicted octanol–water partition coefficient (Wildman–Crippen LogP) is 4.81. The number of para-hydroxylation sites is 1. The number of amides is 1. The molecule has 0 bridgehead atoms. The molecule has 0 radical (unpaired) electrons. The molecule has 0 unspecified atom stereocenters. The summed E-state index contributed by atoms with van der Waals surface area (Å²) < 4.78 is 8.81. The lowest BCUT2D eigenvalue weighted by atomic mass is 10.1. The first-order valence-electron chi connectivity index (χ1n) is 14.9. The fraction of sp³-hybridized carbons (Fsp3) is 0.167. The largest absolute Gasteiger partial charge is 0.491 e. The number of benzene rings is 2. The van der Waals surface area contributed by atoms with Gasteiger partial charge >= 0.3 is 0 Å². The van der Waals surface area contributed by atoms with E-state index in [0.29, 0.717) is 22.6 Å². The van der Waals surface area contributed by atoms with E-state index in [2.05, 4.69) is 37.2 Å². The molecule has 3 heterocycles. The van der Waals surface area contributed by atoms with E-state index < -0.39 is 17.5 Å². The van der Waals surface area contributed by atoms with Crippen molar-refractivity contribution in [2.75, 3.05) is 5.73 Å². The molecule has 0 aliphatic heterocycles. The molecule has 2 aromatic carbocycles. The normalized spacial score (nSPS) is 11.2. The number of aryl methyl sites for hydroxylation is 1. The van der Waals surface area contributed by atoms with Gasteiger partial charge in [-0.1, -0.05) is 30.2 Å². The van der Waals surface area contributed by atoms with Crippen molar-refractivity contribution in [2.24, 2.45) is 7.05 Å². The number of nitrogen functional groups attached to an aromatic ring is 1. The number of nitrogens with two attached hydrogens (primary N) is 1. The van der Waals surface area contributed by atoms with Gasteiger partial charge < -0.3 is 15.8 Å². The zero-order chi connectivity index (χ0) is 33.3. The Morgan fingerprint density at radius 1 is 0.936 bits per heavy atom. The number of hydrogen-bond donors (Lipinski definition) is 2. The van der Waals surface area contributed by atoms with Crippen molar-refractivity contribution >= 4 is 11.7 Å². The third kappa shape index (κ3) is 8.26. The molecule has 3 N–H and O–H groups in total. The van der Waals surface area contributed by atoms with Crippen LogP contribution in [0.4, 0.5) is 5.82 Å². The minimum absolute atomic E-state index is 0.0359. The minimum Gasteiger partial charge on any atom is -0.491 e. The fourth-order valence-corrected chi connectivity index (χ4v) is 4.59. The number of aromatic nitrogens is 6. The van der Waals surface area contributed by atoms with E-state index in [9.17, 15) is 9.59 Å². The number of carbonyl (C=O) groups is 1. The molecule has 1 amide bonds. The lowest BCUT2D eigenvalue weighted by molar-refractivity contribution is 0.0933. The highest BCUT2D eigenvalue weighted by atomic mass is 16.5. The Balaban J connectivity index is 1.52. The molecule has 0 saturated carbocycles. The van der Waals surface area contributed by atoms with Crippen molar-refractivity contribution in [2.45, 2.75) is 32.9 Å². The van der Waals surface area contributed by atoms with Gasteiger partial charge in [-0.05, 0) is 81.3 Å². The van der Waals surface area contributed by atoms with E-state index in [-0.39, 0.29) is 23.4 Å². The van der Waals surface area contributed by atoms with Gasteiger partial charge in [-0.3, -0.25) is 18.8 Å². The Labute approximate surface area is 272 Å². The summed E-state index contributed by atoms with van der Waals surface area (Å²) in [5, 5.41) is 7.18. The molecule has 0 aliphatic carbocycles. The first-order chi connectivity index (χ1) is 22.7. The first kappa shape index (κ1) is 32.1. The summed E-state index contributed by atoms with van der Waals surface area (Å²) in [6, 6.07) is 24.0. The van der Waals surface area contributed by atoms with Gasteiger partial charge in [-0.15, -0.1) is 0 Å². The maximum Gasteiger partial charge on any atom is 0.274 e. The lowest BCUT2D eigenvalue weighted by Crippen LogP contribution is -2.33. The van der Waals surface area contributed by atoms with Crippen molar-refractivity contribution in [1.29, 1.82) is 0 Å². The van der Waals surface area contributed by atoms with Gasteiger partial charge in [0.1, 0.15) is 17.3 Å². The minimum atomic E-state index is -0.770. The molecule has 0 aliphatic rings. The van der Waals surface area contributed by atoms with Gasteiger partial charge in [0.15, 0.2) is 11.5 Å².